The van der Waals surface area contributed by atoms with Crippen LogP contribution in [-0.2, 0) is 0 Å². The van der Waals surface area contributed by atoms with Crippen molar-refractivity contribution >= 4 is 75.3 Å². The van der Waals surface area contributed by atoms with Gasteiger partial charge in [0.15, 0.2) is 17.5 Å². The zero-order chi connectivity index (χ0) is 37.5. The number of benzene rings is 8. The second kappa shape index (κ2) is 12.6. The summed E-state index contributed by atoms with van der Waals surface area (Å²) in [6.07, 6.45) is 0. The molecule has 0 aliphatic carbocycles. The molecular formula is C51H30N4OS. The number of para-hydroxylation sites is 2. The lowest BCUT2D eigenvalue weighted by molar-refractivity contribution is 0.668. The quantitative estimate of drug-likeness (QED) is 0.176. The average Bonchev–Trinajstić information content (AvgIpc) is 3.95. The van der Waals surface area contributed by atoms with Gasteiger partial charge in [0.2, 0.25) is 0 Å². The number of rotatable bonds is 5. The lowest BCUT2D eigenvalue weighted by atomic mass is 10.0. The minimum Gasteiger partial charge on any atom is -0.456 e. The summed E-state index contributed by atoms with van der Waals surface area (Å²) in [6, 6.07) is 63.8. The van der Waals surface area contributed by atoms with Crippen molar-refractivity contribution < 1.29 is 4.42 Å². The molecule has 0 radical (unpaired) electrons. The highest BCUT2D eigenvalue weighted by molar-refractivity contribution is 7.26. The Balaban J connectivity index is 0.960. The molecule has 266 valence electrons. The van der Waals surface area contributed by atoms with Gasteiger partial charge in [0.1, 0.15) is 11.2 Å². The average molecular weight is 747 g/mol. The van der Waals surface area contributed by atoms with Crippen molar-refractivity contribution in [3.05, 3.63) is 182 Å². The molecule has 0 fully saturated rings. The first-order valence-corrected chi connectivity index (χ1v) is 19.8. The van der Waals surface area contributed by atoms with E-state index in [4.69, 9.17) is 19.4 Å². The van der Waals surface area contributed by atoms with Crippen LogP contribution in [0.1, 0.15) is 0 Å². The van der Waals surface area contributed by atoms with Gasteiger partial charge in [-0.1, -0.05) is 133 Å². The highest BCUT2D eigenvalue weighted by Crippen LogP contribution is 2.43. The van der Waals surface area contributed by atoms with Crippen LogP contribution in [0.4, 0.5) is 0 Å². The number of thiophene rings is 1. The van der Waals surface area contributed by atoms with Gasteiger partial charge in [-0.15, -0.1) is 11.3 Å². The third-order valence-electron chi connectivity index (χ3n) is 11.1. The van der Waals surface area contributed by atoms with E-state index in [2.05, 4.69) is 126 Å². The number of furan rings is 1. The first kappa shape index (κ1) is 31.9. The van der Waals surface area contributed by atoms with Crippen molar-refractivity contribution in [1.82, 2.24) is 19.5 Å². The summed E-state index contributed by atoms with van der Waals surface area (Å²) in [7, 11) is 0. The van der Waals surface area contributed by atoms with Crippen molar-refractivity contribution in [2.75, 3.05) is 0 Å². The molecule has 0 N–H and O–H groups in total. The fourth-order valence-corrected chi connectivity index (χ4v) is 9.65. The molecule has 0 spiro atoms. The normalized spacial score (nSPS) is 11.9. The lowest BCUT2D eigenvalue weighted by Crippen LogP contribution is -1.99. The number of aromatic nitrogens is 4. The Labute approximate surface area is 330 Å². The first-order chi connectivity index (χ1) is 28.2. The zero-order valence-electron chi connectivity index (χ0n) is 30.4. The van der Waals surface area contributed by atoms with Gasteiger partial charge in [-0.3, -0.25) is 0 Å². The molecular weight excluding hydrogens is 717 g/mol. The van der Waals surface area contributed by atoms with Gasteiger partial charge >= 0.3 is 0 Å². The van der Waals surface area contributed by atoms with Gasteiger partial charge in [0.25, 0.3) is 0 Å². The van der Waals surface area contributed by atoms with Crippen LogP contribution in [0.25, 0.3) is 115 Å². The van der Waals surface area contributed by atoms with Crippen molar-refractivity contribution in [2.45, 2.75) is 0 Å². The number of fused-ring (bicyclic) bond motifs is 9. The number of hydrogen-bond acceptors (Lipinski definition) is 5. The zero-order valence-corrected chi connectivity index (χ0v) is 31.2. The number of hydrogen-bond donors (Lipinski definition) is 0. The maximum absolute atomic E-state index is 6.54. The predicted octanol–water partition coefficient (Wildman–Crippen LogP) is 13.9. The van der Waals surface area contributed by atoms with Gasteiger partial charge in [0.05, 0.1) is 11.0 Å². The Bertz CT molecular complexity index is 3420. The van der Waals surface area contributed by atoms with Gasteiger partial charge in [-0.2, -0.15) is 0 Å². The van der Waals surface area contributed by atoms with Gasteiger partial charge in [-0.25, -0.2) is 15.0 Å². The molecule has 12 aromatic rings. The molecule has 0 saturated heterocycles. The largest absolute Gasteiger partial charge is 0.456 e. The van der Waals surface area contributed by atoms with E-state index in [0.717, 1.165) is 49.9 Å². The van der Waals surface area contributed by atoms with Crippen molar-refractivity contribution in [2.24, 2.45) is 0 Å². The molecule has 6 heteroatoms. The molecule has 0 aliphatic heterocycles. The SMILES string of the molecule is c1ccc(-c2nc(-c3ccccc3)nc(-c3ccc4c(c3)sc3c(-c5ccc6oc7cc(-n8c9ccccc9c9ccccc98)ccc7c6c5)cccc34)n2)cc1. The third-order valence-corrected chi connectivity index (χ3v) is 12.3. The van der Waals surface area contributed by atoms with Crippen LogP contribution >= 0.6 is 11.3 Å². The highest BCUT2D eigenvalue weighted by Gasteiger charge is 2.18. The van der Waals surface area contributed by atoms with E-state index in [0.29, 0.717) is 17.5 Å². The Hall–Kier alpha value is -7.41. The second-order valence-electron chi connectivity index (χ2n) is 14.4. The molecule has 5 nitrogen and oxygen atoms in total. The summed E-state index contributed by atoms with van der Waals surface area (Å²) in [4.78, 5) is 14.9. The molecule has 0 amide bonds. The van der Waals surface area contributed by atoms with E-state index in [1.54, 1.807) is 0 Å². The van der Waals surface area contributed by atoms with E-state index >= 15 is 0 Å². The third kappa shape index (κ3) is 5.12. The minimum atomic E-state index is 0.654. The van der Waals surface area contributed by atoms with Crippen molar-refractivity contribution in [3.63, 3.8) is 0 Å². The Morgan fingerprint density at radius 3 is 1.68 bits per heavy atom. The molecule has 0 aliphatic rings. The molecule has 12 rings (SSSR count). The van der Waals surface area contributed by atoms with Gasteiger partial charge in [-0.05, 0) is 53.6 Å². The molecule has 4 heterocycles. The van der Waals surface area contributed by atoms with E-state index in [-0.39, 0.29) is 0 Å². The van der Waals surface area contributed by atoms with E-state index in [1.165, 1.54) is 47.5 Å². The molecule has 57 heavy (non-hydrogen) atoms. The summed E-state index contributed by atoms with van der Waals surface area (Å²) in [6.45, 7) is 0. The topological polar surface area (TPSA) is 56.7 Å². The van der Waals surface area contributed by atoms with Crippen LogP contribution in [0.5, 0.6) is 0 Å². The Morgan fingerprint density at radius 1 is 0.386 bits per heavy atom. The standard InChI is InChI=1S/C51H30N4OS/c1-3-12-31(13-4-1)49-52-50(32-14-5-2-6-15-32)54-51(53-49)34-22-25-40-41-19-11-18-36(48(41)57-47(40)29-34)33-23-27-45-42(28-33)39-26-24-35(30-46(39)56-45)55-43-20-9-7-16-37(43)38-17-8-10-21-44(38)55/h1-30H. The summed E-state index contributed by atoms with van der Waals surface area (Å²) >= 11 is 1.81. The van der Waals surface area contributed by atoms with Crippen LogP contribution in [0.3, 0.4) is 0 Å². The van der Waals surface area contributed by atoms with Crippen LogP contribution in [-0.4, -0.2) is 19.5 Å². The van der Waals surface area contributed by atoms with E-state index in [1.807, 2.05) is 72.0 Å². The van der Waals surface area contributed by atoms with Gasteiger partial charge < -0.3 is 8.98 Å². The van der Waals surface area contributed by atoms with Crippen LogP contribution in [0, 0.1) is 0 Å². The maximum atomic E-state index is 6.54. The Kier molecular flexibility index (Phi) is 7.03. The summed E-state index contributed by atoms with van der Waals surface area (Å²) in [5, 5.41) is 7.15. The minimum absolute atomic E-state index is 0.654. The monoisotopic (exact) mass is 746 g/mol. The number of nitrogens with zero attached hydrogens (tertiary/aromatic N) is 4. The van der Waals surface area contributed by atoms with Crippen LogP contribution in [0.2, 0.25) is 0 Å². The molecule has 0 saturated carbocycles. The summed E-state index contributed by atoms with van der Waals surface area (Å²) in [5.41, 5.74) is 10.4. The smallest absolute Gasteiger partial charge is 0.164 e. The first-order valence-electron chi connectivity index (χ1n) is 19.0. The van der Waals surface area contributed by atoms with Gasteiger partial charge in [0, 0.05) is 70.2 Å². The Morgan fingerprint density at radius 2 is 0.982 bits per heavy atom. The van der Waals surface area contributed by atoms with Crippen LogP contribution in [0.15, 0.2) is 186 Å². The summed E-state index contributed by atoms with van der Waals surface area (Å²) < 4.78 is 11.3. The van der Waals surface area contributed by atoms with Crippen molar-refractivity contribution in [3.8, 4) is 51.0 Å². The fourth-order valence-electron chi connectivity index (χ4n) is 8.38. The highest BCUT2D eigenvalue weighted by atomic mass is 32.1. The predicted molar refractivity (Wildman–Crippen MR) is 236 cm³/mol. The van der Waals surface area contributed by atoms with Crippen molar-refractivity contribution in [1.29, 1.82) is 0 Å². The van der Waals surface area contributed by atoms with Crippen LogP contribution < -0.4 is 0 Å². The molecule has 0 atom stereocenters. The molecule has 4 aromatic heterocycles. The van der Waals surface area contributed by atoms with E-state index < -0.39 is 0 Å². The molecule has 8 aromatic carbocycles. The maximum Gasteiger partial charge on any atom is 0.164 e. The van der Waals surface area contributed by atoms with E-state index in [9.17, 15) is 0 Å². The second-order valence-corrected chi connectivity index (χ2v) is 15.4. The lowest BCUT2D eigenvalue weighted by Gasteiger charge is -2.08. The summed E-state index contributed by atoms with van der Waals surface area (Å²) in [5.74, 6) is 1.97. The molecule has 0 unspecified atom stereocenters. The fraction of sp³-hybridized carbons (Fsp3) is 0. The molecule has 0 bridgehead atoms.